The fourth-order valence-corrected chi connectivity index (χ4v) is 2.41. The Morgan fingerprint density at radius 1 is 1.25 bits per heavy atom. The monoisotopic (exact) mass is 273 g/mol. The van der Waals surface area contributed by atoms with Crippen molar-refractivity contribution in [1.29, 1.82) is 0 Å². The van der Waals surface area contributed by atoms with Crippen molar-refractivity contribution in [3.63, 3.8) is 0 Å². The summed E-state index contributed by atoms with van der Waals surface area (Å²) in [4.78, 5) is 0. The Balaban J connectivity index is 1.73. The lowest BCUT2D eigenvalue weighted by molar-refractivity contribution is 0.213. The van der Waals surface area contributed by atoms with Crippen LogP contribution >= 0.6 is 0 Å². The lowest BCUT2D eigenvalue weighted by atomic mass is 9.94. The highest BCUT2D eigenvalue weighted by atomic mass is 19.1. The summed E-state index contributed by atoms with van der Waals surface area (Å²) in [6, 6.07) is 12.4. The third-order valence-corrected chi connectivity index (χ3v) is 3.48. The van der Waals surface area contributed by atoms with Gasteiger partial charge in [-0.3, -0.25) is 0 Å². The van der Waals surface area contributed by atoms with E-state index in [4.69, 9.17) is 15.2 Å². The largest absolute Gasteiger partial charge is 0.493 e. The number of nitrogen functional groups attached to an aromatic ring is 1. The Morgan fingerprint density at radius 2 is 2.10 bits per heavy atom. The van der Waals surface area contributed by atoms with Gasteiger partial charge in [-0.2, -0.15) is 0 Å². The highest BCUT2D eigenvalue weighted by Crippen LogP contribution is 2.34. The van der Waals surface area contributed by atoms with Crippen LogP contribution in [0.4, 0.5) is 10.1 Å². The Labute approximate surface area is 117 Å². The number of ether oxygens (including phenoxy) is 2. The van der Waals surface area contributed by atoms with Gasteiger partial charge in [-0.1, -0.05) is 18.2 Å². The molecule has 0 aromatic heterocycles. The fraction of sp³-hybridized carbons (Fsp3) is 0.250. The van der Waals surface area contributed by atoms with Gasteiger partial charge >= 0.3 is 0 Å². The van der Waals surface area contributed by atoms with Gasteiger partial charge < -0.3 is 15.2 Å². The summed E-state index contributed by atoms with van der Waals surface area (Å²) in [5.74, 6) is 0.926. The van der Waals surface area contributed by atoms with Crippen LogP contribution in [-0.4, -0.2) is 13.2 Å². The van der Waals surface area contributed by atoms with Gasteiger partial charge in [-0.15, -0.1) is 0 Å². The van der Waals surface area contributed by atoms with E-state index >= 15 is 0 Å². The van der Waals surface area contributed by atoms with E-state index in [-0.39, 0.29) is 11.7 Å². The molecule has 0 amide bonds. The van der Waals surface area contributed by atoms with Crippen molar-refractivity contribution < 1.29 is 13.9 Å². The van der Waals surface area contributed by atoms with Crippen molar-refractivity contribution in [1.82, 2.24) is 0 Å². The quantitative estimate of drug-likeness (QED) is 0.872. The molecule has 4 heteroatoms. The van der Waals surface area contributed by atoms with E-state index in [0.717, 1.165) is 17.7 Å². The maximum Gasteiger partial charge on any atom is 0.167 e. The second-order valence-corrected chi connectivity index (χ2v) is 4.87. The molecule has 1 aliphatic rings. The van der Waals surface area contributed by atoms with Crippen LogP contribution in [0.5, 0.6) is 11.5 Å². The van der Waals surface area contributed by atoms with Gasteiger partial charge in [0, 0.05) is 23.2 Å². The number of para-hydroxylation sites is 1. The molecule has 0 bridgehead atoms. The number of fused-ring (bicyclic) bond motifs is 1. The molecule has 2 aromatic rings. The van der Waals surface area contributed by atoms with Crippen LogP contribution in [0.25, 0.3) is 0 Å². The van der Waals surface area contributed by atoms with Crippen LogP contribution in [0.15, 0.2) is 42.5 Å². The van der Waals surface area contributed by atoms with Gasteiger partial charge in [0.05, 0.1) is 13.2 Å². The highest BCUT2D eigenvalue weighted by molar-refractivity contribution is 5.43. The zero-order valence-corrected chi connectivity index (χ0v) is 11.0. The molecule has 1 heterocycles. The molecule has 0 aliphatic carbocycles. The fourth-order valence-electron chi connectivity index (χ4n) is 2.41. The minimum atomic E-state index is -0.426. The van der Waals surface area contributed by atoms with Crippen molar-refractivity contribution in [3.05, 3.63) is 53.8 Å². The Hall–Kier alpha value is -2.23. The van der Waals surface area contributed by atoms with E-state index in [1.165, 1.54) is 6.07 Å². The topological polar surface area (TPSA) is 44.5 Å². The Kier molecular flexibility index (Phi) is 3.46. The van der Waals surface area contributed by atoms with Gasteiger partial charge in [-0.25, -0.2) is 4.39 Å². The molecule has 20 heavy (non-hydrogen) atoms. The first-order valence-corrected chi connectivity index (χ1v) is 6.63. The average Bonchev–Trinajstić information content (AvgIpc) is 2.46. The number of benzene rings is 2. The van der Waals surface area contributed by atoms with E-state index in [9.17, 15) is 4.39 Å². The molecular weight excluding hydrogens is 257 g/mol. The summed E-state index contributed by atoms with van der Waals surface area (Å²) in [5.41, 5.74) is 7.03. The molecule has 0 fully saturated rings. The first kappa shape index (κ1) is 12.8. The minimum absolute atomic E-state index is 0.219. The molecule has 0 saturated carbocycles. The lowest BCUT2D eigenvalue weighted by Crippen LogP contribution is -2.19. The molecule has 3 rings (SSSR count). The molecule has 1 atom stereocenters. The average molecular weight is 273 g/mol. The Morgan fingerprint density at radius 3 is 2.95 bits per heavy atom. The smallest absolute Gasteiger partial charge is 0.167 e. The predicted molar refractivity (Wildman–Crippen MR) is 75.6 cm³/mol. The second kappa shape index (κ2) is 5.41. The van der Waals surface area contributed by atoms with E-state index in [1.54, 1.807) is 12.1 Å². The summed E-state index contributed by atoms with van der Waals surface area (Å²) >= 11 is 0. The summed E-state index contributed by atoms with van der Waals surface area (Å²) < 4.78 is 24.9. The summed E-state index contributed by atoms with van der Waals surface area (Å²) in [6.07, 6.45) is 0.869. The molecule has 0 spiro atoms. The van der Waals surface area contributed by atoms with Crippen LogP contribution in [-0.2, 0) is 0 Å². The van der Waals surface area contributed by atoms with Crippen LogP contribution in [0, 0.1) is 5.82 Å². The van der Waals surface area contributed by atoms with Crippen molar-refractivity contribution in [2.24, 2.45) is 0 Å². The van der Waals surface area contributed by atoms with Crippen molar-refractivity contribution in [3.8, 4) is 11.5 Å². The number of anilines is 1. The predicted octanol–water partition coefficient (Wildman–Crippen LogP) is 3.35. The van der Waals surface area contributed by atoms with E-state index in [2.05, 4.69) is 0 Å². The molecule has 3 nitrogen and oxygen atoms in total. The van der Waals surface area contributed by atoms with Gasteiger partial charge in [0.25, 0.3) is 0 Å². The molecule has 104 valence electrons. The standard InChI is InChI=1S/C16H16FNO2/c17-14-9-12(18)5-6-16(14)20-10-11-7-8-19-15-4-2-1-3-13(11)15/h1-6,9,11H,7-8,10,18H2. The minimum Gasteiger partial charge on any atom is -0.493 e. The van der Waals surface area contributed by atoms with Crippen molar-refractivity contribution in [2.75, 3.05) is 18.9 Å². The van der Waals surface area contributed by atoms with Gasteiger partial charge in [-0.05, 0) is 24.6 Å². The van der Waals surface area contributed by atoms with E-state index in [1.807, 2.05) is 24.3 Å². The maximum absolute atomic E-state index is 13.7. The van der Waals surface area contributed by atoms with Crippen LogP contribution in [0.2, 0.25) is 0 Å². The van der Waals surface area contributed by atoms with Gasteiger partial charge in [0.15, 0.2) is 11.6 Å². The van der Waals surface area contributed by atoms with Crippen LogP contribution in [0.1, 0.15) is 17.9 Å². The van der Waals surface area contributed by atoms with Gasteiger partial charge in [0.2, 0.25) is 0 Å². The first-order chi connectivity index (χ1) is 9.74. The maximum atomic E-state index is 13.7. The number of nitrogens with two attached hydrogens (primary N) is 1. The summed E-state index contributed by atoms with van der Waals surface area (Å²) in [6.45, 7) is 1.09. The number of hydrogen-bond donors (Lipinski definition) is 1. The number of halogens is 1. The van der Waals surface area contributed by atoms with Crippen molar-refractivity contribution in [2.45, 2.75) is 12.3 Å². The van der Waals surface area contributed by atoms with E-state index < -0.39 is 5.82 Å². The first-order valence-electron chi connectivity index (χ1n) is 6.63. The molecule has 0 saturated heterocycles. The molecular formula is C16H16FNO2. The third kappa shape index (κ3) is 2.54. The Bertz CT molecular complexity index is 615. The SMILES string of the molecule is Nc1ccc(OCC2CCOc3ccccc32)c(F)c1. The molecule has 2 aromatic carbocycles. The van der Waals surface area contributed by atoms with Gasteiger partial charge in [0.1, 0.15) is 5.75 Å². The summed E-state index contributed by atoms with van der Waals surface area (Å²) in [7, 11) is 0. The zero-order chi connectivity index (χ0) is 13.9. The third-order valence-electron chi connectivity index (χ3n) is 3.48. The summed E-state index contributed by atoms with van der Waals surface area (Å²) in [5, 5.41) is 0. The molecule has 1 unspecified atom stereocenters. The van der Waals surface area contributed by atoms with E-state index in [0.29, 0.717) is 18.9 Å². The number of hydrogen-bond acceptors (Lipinski definition) is 3. The molecule has 1 aliphatic heterocycles. The highest BCUT2D eigenvalue weighted by Gasteiger charge is 2.22. The zero-order valence-electron chi connectivity index (χ0n) is 11.0. The lowest BCUT2D eigenvalue weighted by Gasteiger charge is -2.25. The van der Waals surface area contributed by atoms with Crippen LogP contribution in [0.3, 0.4) is 0 Å². The van der Waals surface area contributed by atoms with Crippen molar-refractivity contribution >= 4 is 5.69 Å². The normalized spacial score (nSPS) is 17.1. The van der Waals surface area contributed by atoms with Crippen LogP contribution < -0.4 is 15.2 Å². The second-order valence-electron chi connectivity index (χ2n) is 4.87. The molecule has 2 N–H and O–H groups in total. The number of rotatable bonds is 3. The molecule has 0 radical (unpaired) electrons.